The molecule has 1 fully saturated rings. The van der Waals surface area contributed by atoms with Gasteiger partial charge in [-0.05, 0) is 68.9 Å². The molecule has 0 spiro atoms. The first-order valence-electron chi connectivity index (χ1n) is 16.3. The molecule has 2 aliphatic heterocycles. The lowest BCUT2D eigenvalue weighted by molar-refractivity contribution is -0.119. The molecule has 4 rings (SSSR count). The summed E-state index contributed by atoms with van der Waals surface area (Å²) in [7, 11) is 1.75. The minimum Gasteiger partial charge on any atom is -0.490 e. The molecule has 244 valence electrons. The highest BCUT2D eigenvalue weighted by Crippen LogP contribution is 2.35. The van der Waals surface area contributed by atoms with Gasteiger partial charge in [0.1, 0.15) is 12.4 Å². The quantitative estimate of drug-likeness (QED) is 0.247. The third-order valence-corrected chi connectivity index (χ3v) is 8.39. The number of carbonyl (C=O) groups is 1. The number of piperidine rings is 1. The highest BCUT2D eigenvalue weighted by atomic mass is 16.5. The Labute approximate surface area is 263 Å². The molecular formula is C35H53N3O6. The van der Waals surface area contributed by atoms with E-state index in [0.717, 1.165) is 68.1 Å². The van der Waals surface area contributed by atoms with Crippen molar-refractivity contribution in [3.8, 4) is 5.75 Å². The van der Waals surface area contributed by atoms with E-state index in [1.807, 2.05) is 13.8 Å². The zero-order valence-corrected chi connectivity index (χ0v) is 27.3. The van der Waals surface area contributed by atoms with Gasteiger partial charge in [-0.2, -0.15) is 0 Å². The lowest BCUT2D eigenvalue weighted by Gasteiger charge is -2.38. The van der Waals surface area contributed by atoms with Gasteiger partial charge in [-0.1, -0.05) is 30.3 Å². The van der Waals surface area contributed by atoms with Crippen molar-refractivity contribution in [1.82, 2.24) is 10.6 Å². The molecule has 9 heteroatoms. The topological polar surface area (TPSA) is 90.5 Å². The molecule has 9 nitrogen and oxygen atoms in total. The highest BCUT2D eigenvalue weighted by Gasteiger charge is 2.33. The summed E-state index contributed by atoms with van der Waals surface area (Å²) in [6.07, 6.45) is 2.88. The number of methoxy groups -OCH3 is 1. The number of ether oxygens (including phenoxy) is 5. The van der Waals surface area contributed by atoms with Crippen LogP contribution in [0.5, 0.6) is 5.75 Å². The molecule has 0 radical (unpaired) electrons. The summed E-state index contributed by atoms with van der Waals surface area (Å²) in [5.41, 5.74) is 4.68. The van der Waals surface area contributed by atoms with Crippen LogP contribution in [0.1, 0.15) is 69.6 Å². The molecule has 44 heavy (non-hydrogen) atoms. The van der Waals surface area contributed by atoms with Crippen molar-refractivity contribution < 1.29 is 28.5 Å². The third-order valence-electron chi connectivity index (χ3n) is 8.39. The van der Waals surface area contributed by atoms with Crippen LogP contribution in [0.25, 0.3) is 0 Å². The fraction of sp³-hybridized carbons (Fsp3) is 0.629. The number of amides is 1. The number of hydrogen-bond acceptors (Lipinski definition) is 8. The Morgan fingerprint density at radius 3 is 2.68 bits per heavy atom. The smallest absolute Gasteiger partial charge is 0.217 e. The Morgan fingerprint density at radius 2 is 1.93 bits per heavy atom. The maximum atomic E-state index is 11.6. The number of fused-ring (bicyclic) bond motifs is 1. The van der Waals surface area contributed by atoms with Crippen LogP contribution < -0.4 is 20.3 Å². The van der Waals surface area contributed by atoms with Gasteiger partial charge in [0.05, 0.1) is 44.3 Å². The van der Waals surface area contributed by atoms with Crippen molar-refractivity contribution in [2.24, 2.45) is 0 Å². The molecule has 0 unspecified atom stereocenters. The Bertz CT molecular complexity index is 1150. The van der Waals surface area contributed by atoms with Crippen LogP contribution in [0.4, 0.5) is 5.69 Å². The monoisotopic (exact) mass is 611 g/mol. The first-order valence-corrected chi connectivity index (χ1v) is 16.3. The van der Waals surface area contributed by atoms with Gasteiger partial charge in [-0.25, -0.2) is 0 Å². The third kappa shape index (κ3) is 10.4. The van der Waals surface area contributed by atoms with E-state index < -0.39 is 0 Å². The molecule has 2 aromatic carbocycles. The van der Waals surface area contributed by atoms with Gasteiger partial charge in [-0.3, -0.25) is 4.79 Å². The van der Waals surface area contributed by atoms with Crippen LogP contribution in [0.15, 0.2) is 42.5 Å². The van der Waals surface area contributed by atoms with E-state index in [-0.39, 0.29) is 36.1 Å². The normalized spacial score (nSPS) is 21.3. The first kappa shape index (κ1) is 34.2. The summed E-state index contributed by atoms with van der Waals surface area (Å²) in [6, 6.07) is 15.6. The molecule has 0 saturated carbocycles. The average molecular weight is 612 g/mol. The number of anilines is 1. The van der Waals surface area contributed by atoms with Crippen molar-refractivity contribution >= 4 is 11.6 Å². The Kier molecular flexibility index (Phi) is 13.8. The van der Waals surface area contributed by atoms with Crippen molar-refractivity contribution in [3.63, 3.8) is 0 Å². The molecule has 2 aromatic rings. The van der Waals surface area contributed by atoms with E-state index in [1.165, 1.54) is 5.56 Å². The molecule has 5 atom stereocenters. The van der Waals surface area contributed by atoms with Crippen LogP contribution >= 0.6 is 0 Å². The van der Waals surface area contributed by atoms with Crippen molar-refractivity contribution in [2.45, 2.75) is 90.4 Å². The van der Waals surface area contributed by atoms with Gasteiger partial charge < -0.3 is 39.2 Å². The standard InChI is InChI=1S/C35H53N3O6/c1-6-42-26(3)22-41-23-28-8-11-30(12-9-28)32-20-31(18-25(2)37-27(4)39)36-21-35(32)44-24-29-10-13-34-33(19-29)38(15-17-43-34)14-7-16-40-5/h8-13,19,25-26,31-32,35-36H,6-7,14-18,20-24H2,1-5H3,(H,37,39)/t25-,26-,31-,32-,35+/m1/s1. The molecule has 1 amide bonds. The van der Waals surface area contributed by atoms with Gasteiger partial charge in [0, 0.05) is 58.3 Å². The fourth-order valence-corrected chi connectivity index (χ4v) is 6.28. The molecule has 2 heterocycles. The largest absolute Gasteiger partial charge is 0.490 e. The van der Waals surface area contributed by atoms with Gasteiger partial charge in [0.15, 0.2) is 0 Å². The van der Waals surface area contributed by atoms with Crippen LogP contribution in [0.3, 0.4) is 0 Å². The molecular weight excluding hydrogens is 558 g/mol. The van der Waals surface area contributed by atoms with Crippen LogP contribution in [-0.4, -0.2) is 83.4 Å². The summed E-state index contributed by atoms with van der Waals surface area (Å²) in [4.78, 5) is 14.0. The predicted octanol–water partition coefficient (Wildman–Crippen LogP) is 4.81. The Balaban J connectivity index is 1.42. The van der Waals surface area contributed by atoms with E-state index >= 15 is 0 Å². The minimum absolute atomic E-state index is 0.00670. The number of nitrogens with one attached hydrogen (secondary N) is 2. The van der Waals surface area contributed by atoms with Crippen LogP contribution in [0, 0.1) is 0 Å². The molecule has 1 saturated heterocycles. The highest BCUT2D eigenvalue weighted by molar-refractivity contribution is 5.73. The molecule has 2 aliphatic rings. The van der Waals surface area contributed by atoms with Gasteiger partial charge >= 0.3 is 0 Å². The molecule has 0 aliphatic carbocycles. The minimum atomic E-state index is 0.00670. The number of carbonyl (C=O) groups excluding carboxylic acids is 1. The first-order chi connectivity index (χ1) is 21.4. The van der Waals surface area contributed by atoms with Gasteiger partial charge in [0.2, 0.25) is 5.91 Å². The van der Waals surface area contributed by atoms with Gasteiger partial charge in [-0.15, -0.1) is 0 Å². The maximum Gasteiger partial charge on any atom is 0.217 e. The zero-order chi connectivity index (χ0) is 31.3. The van der Waals surface area contributed by atoms with E-state index in [4.69, 9.17) is 23.7 Å². The van der Waals surface area contributed by atoms with Crippen molar-refractivity contribution in [3.05, 3.63) is 59.2 Å². The number of nitrogens with zero attached hydrogens (tertiary/aromatic N) is 1. The van der Waals surface area contributed by atoms with E-state index in [0.29, 0.717) is 33.0 Å². The Hall–Kier alpha value is -2.69. The summed E-state index contributed by atoms with van der Waals surface area (Å²) in [6.45, 7) is 14.0. The van der Waals surface area contributed by atoms with E-state index in [9.17, 15) is 4.79 Å². The summed E-state index contributed by atoms with van der Waals surface area (Å²) >= 11 is 0. The predicted molar refractivity (Wildman–Crippen MR) is 173 cm³/mol. The molecule has 0 aromatic heterocycles. The summed E-state index contributed by atoms with van der Waals surface area (Å²) in [5, 5.41) is 6.74. The van der Waals surface area contributed by atoms with E-state index in [1.54, 1.807) is 14.0 Å². The van der Waals surface area contributed by atoms with Crippen LogP contribution in [0.2, 0.25) is 0 Å². The molecule has 0 bridgehead atoms. The SMILES string of the molecule is CCO[C@H](C)COCc1ccc([C@H]2C[C@@H](C[C@@H](C)NC(C)=O)NC[C@@H]2OCc2ccc3c(c2)N(CCCOC)CCO3)cc1. The molecule has 2 N–H and O–H groups in total. The lowest BCUT2D eigenvalue weighted by atomic mass is 9.82. The fourth-order valence-electron chi connectivity index (χ4n) is 6.28. The maximum absolute atomic E-state index is 11.6. The number of rotatable bonds is 17. The average Bonchev–Trinajstić information content (AvgIpc) is 3.00. The number of benzene rings is 2. The van der Waals surface area contributed by atoms with Crippen LogP contribution in [-0.2, 0) is 37.0 Å². The second-order valence-electron chi connectivity index (χ2n) is 12.1. The van der Waals surface area contributed by atoms with Crippen molar-refractivity contribution in [1.29, 1.82) is 0 Å². The lowest BCUT2D eigenvalue weighted by Crippen LogP contribution is -2.49. The summed E-state index contributed by atoms with van der Waals surface area (Å²) < 4.78 is 29.3. The van der Waals surface area contributed by atoms with E-state index in [2.05, 4.69) is 64.9 Å². The van der Waals surface area contributed by atoms with Crippen molar-refractivity contribution in [2.75, 3.05) is 58.1 Å². The summed E-state index contributed by atoms with van der Waals surface area (Å²) in [5.74, 6) is 1.17. The Morgan fingerprint density at radius 1 is 1.14 bits per heavy atom. The number of hydrogen-bond donors (Lipinski definition) is 2. The second kappa shape index (κ2) is 17.7. The van der Waals surface area contributed by atoms with Gasteiger partial charge in [0.25, 0.3) is 0 Å². The zero-order valence-electron chi connectivity index (χ0n) is 27.3. The second-order valence-corrected chi connectivity index (χ2v) is 12.1.